The summed E-state index contributed by atoms with van der Waals surface area (Å²) in [6.07, 6.45) is 0.259. The Hall–Kier alpha value is -1.71. The quantitative estimate of drug-likeness (QED) is 0.299. The Kier molecular flexibility index (Phi) is 6.10. The normalized spacial score (nSPS) is 19.7. The number of rotatable bonds is 7. The number of piperidine rings is 1. The second-order valence-electron chi connectivity index (χ2n) is 5.78. The van der Waals surface area contributed by atoms with Crippen LogP contribution in [0.3, 0.4) is 0 Å². The standard InChI is InChI=1S/C17H17BrN2O5S/c18-6-7-25-8-9-26-12-3-1-2-10-14(12)17(24)20(16(10)23)11-4-5-13(21)19-15(11)22/h1-3,11H,4-9H2,(H,19,21,22). The van der Waals surface area contributed by atoms with Gasteiger partial charge in [0.25, 0.3) is 11.8 Å². The Bertz CT molecular complexity index is 770. The minimum Gasteiger partial charge on any atom is -0.380 e. The number of hydrogen-bond acceptors (Lipinski definition) is 6. The van der Waals surface area contributed by atoms with Crippen molar-refractivity contribution in [1.29, 1.82) is 0 Å². The number of thioether (sulfide) groups is 1. The number of carbonyl (C=O) groups excluding carboxylic acids is 4. The van der Waals surface area contributed by atoms with Crippen molar-refractivity contribution in [2.45, 2.75) is 23.8 Å². The molecule has 1 fully saturated rings. The fourth-order valence-corrected chi connectivity index (χ4v) is 4.14. The molecule has 4 amide bonds. The van der Waals surface area contributed by atoms with E-state index < -0.39 is 23.8 Å². The SMILES string of the molecule is O=C1CCC(N2C(=O)c3cccc(SCCOCCBr)c3C2=O)C(=O)N1. The van der Waals surface area contributed by atoms with Crippen LogP contribution in [0.1, 0.15) is 33.6 Å². The lowest BCUT2D eigenvalue weighted by Gasteiger charge is -2.27. The van der Waals surface area contributed by atoms with Gasteiger partial charge in [-0.3, -0.25) is 29.4 Å². The maximum Gasteiger partial charge on any atom is 0.263 e. The number of fused-ring (bicyclic) bond motifs is 1. The third kappa shape index (κ3) is 3.70. The van der Waals surface area contributed by atoms with Crippen molar-refractivity contribution >= 4 is 51.3 Å². The van der Waals surface area contributed by atoms with Gasteiger partial charge in [0.1, 0.15) is 6.04 Å². The molecule has 0 radical (unpaired) electrons. The van der Waals surface area contributed by atoms with Crippen molar-refractivity contribution in [1.82, 2.24) is 10.2 Å². The van der Waals surface area contributed by atoms with E-state index in [4.69, 9.17) is 4.74 Å². The van der Waals surface area contributed by atoms with Crippen LogP contribution in [-0.2, 0) is 14.3 Å². The van der Waals surface area contributed by atoms with Crippen molar-refractivity contribution in [3.63, 3.8) is 0 Å². The molecule has 7 nitrogen and oxygen atoms in total. The molecule has 1 atom stereocenters. The van der Waals surface area contributed by atoms with E-state index >= 15 is 0 Å². The Morgan fingerprint density at radius 2 is 2.00 bits per heavy atom. The first-order valence-corrected chi connectivity index (χ1v) is 10.3. The molecule has 1 N–H and O–H groups in total. The van der Waals surface area contributed by atoms with Crippen LogP contribution in [0.5, 0.6) is 0 Å². The number of nitrogens with zero attached hydrogens (tertiary/aromatic N) is 1. The average molecular weight is 441 g/mol. The predicted octanol–water partition coefficient (Wildman–Crippen LogP) is 1.59. The largest absolute Gasteiger partial charge is 0.380 e. The molecule has 1 aromatic carbocycles. The van der Waals surface area contributed by atoms with Crippen LogP contribution in [0.2, 0.25) is 0 Å². The fourth-order valence-electron chi connectivity index (χ4n) is 2.97. The van der Waals surface area contributed by atoms with Gasteiger partial charge in [0.2, 0.25) is 11.8 Å². The van der Waals surface area contributed by atoms with Crippen molar-refractivity contribution in [3.05, 3.63) is 29.3 Å². The number of hydrogen-bond donors (Lipinski definition) is 1. The summed E-state index contributed by atoms with van der Waals surface area (Å²) in [5.41, 5.74) is 0.624. The topological polar surface area (TPSA) is 92.8 Å². The Morgan fingerprint density at radius 1 is 1.19 bits per heavy atom. The molecule has 1 unspecified atom stereocenters. The molecule has 2 heterocycles. The lowest BCUT2D eigenvalue weighted by Crippen LogP contribution is -2.54. The maximum absolute atomic E-state index is 12.9. The molecule has 9 heteroatoms. The number of imide groups is 2. The maximum atomic E-state index is 12.9. The van der Waals surface area contributed by atoms with Gasteiger partial charge >= 0.3 is 0 Å². The number of ether oxygens (including phenoxy) is 1. The van der Waals surface area contributed by atoms with Crippen molar-refractivity contribution in [2.75, 3.05) is 24.3 Å². The van der Waals surface area contributed by atoms with Crippen LogP contribution in [0.25, 0.3) is 0 Å². The Morgan fingerprint density at radius 3 is 2.73 bits per heavy atom. The van der Waals surface area contributed by atoms with E-state index in [1.54, 1.807) is 18.2 Å². The van der Waals surface area contributed by atoms with Crippen LogP contribution in [0.4, 0.5) is 0 Å². The fraction of sp³-hybridized carbons (Fsp3) is 0.412. The molecule has 26 heavy (non-hydrogen) atoms. The molecular weight excluding hydrogens is 424 g/mol. The summed E-state index contributed by atoms with van der Waals surface area (Å²) < 4.78 is 5.40. The second kappa shape index (κ2) is 8.32. The molecule has 0 aromatic heterocycles. The van der Waals surface area contributed by atoms with Gasteiger partial charge in [-0.25, -0.2) is 0 Å². The molecule has 2 aliphatic rings. The third-order valence-electron chi connectivity index (χ3n) is 4.14. The summed E-state index contributed by atoms with van der Waals surface area (Å²) in [5, 5.41) is 2.95. The monoisotopic (exact) mass is 440 g/mol. The van der Waals surface area contributed by atoms with Gasteiger partial charge in [-0.2, -0.15) is 0 Å². The smallest absolute Gasteiger partial charge is 0.263 e. The summed E-state index contributed by atoms with van der Waals surface area (Å²) in [5.74, 6) is -1.32. The van der Waals surface area contributed by atoms with Gasteiger partial charge in [0, 0.05) is 22.4 Å². The Balaban J connectivity index is 1.78. The molecule has 0 bridgehead atoms. The molecule has 2 aliphatic heterocycles. The number of halogens is 1. The number of nitrogens with one attached hydrogen (secondary N) is 1. The first-order valence-electron chi connectivity index (χ1n) is 8.15. The van der Waals surface area contributed by atoms with E-state index in [-0.39, 0.29) is 18.7 Å². The summed E-state index contributed by atoms with van der Waals surface area (Å²) in [4.78, 5) is 50.7. The van der Waals surface area contributed by atoms with Gasteiger partial charge < -0.3 is 4.74 Å². The van der Waals surface area contributed by atoms with Crippen LogP contribution < -0.4 is 5.32 Å². The van der Waals surface area contributed by atoms with Crippen LogP contribution >= 0.6 is 27.7 Å². The second-order valence-corrected chi connectivity index (χ2v) is 7.71. The zero-order valence-electron chi connectivity index (χ0n) is 13.8. The number of amides is 4. The predicted molar refractivity (Wildman–Crippen MR) is 98.5 cm³/mol. The van der Waals surface area contributed by atoms with Crippen LogP contribution in [0.15, 0.2) is 23.1 Å². The third-order valence-corrected chi connectivity index (χ3v) is 5.48. The number of carbonyl (C=O) groups is 4. The summed E-state index contributed by atoms with van der Waals surface area (Å²) in [6.45, 7) is 1.13. The molecule has 0 saturated carbocycles. The molecule has 1 aromatic rings. The first-order chi connectivity index (χ1) is 12.5. The summed E-state index contributed by atoms with van der Waals surface area (Å²) in [6, 6.07) is 4.15. The molecular formula is C17H17BrN2O5S. The summed E-state index contributed by atoms with van der Waals surface area (Å²) >= 11 is 4.72. The van der Waals surface area contributed by atoms with E-state index in [0.29, 0.717) is 35.0 Å². The Labute approximate surface area is 162 Å². The molecule has 3 rings (SSSR count). The van der Waals surface area contributed by atoms with E-state index in [1.807, 2.05) is 0 Å². The van der Waals surface area contributed by atoms with Crippen LogP contribution in [0, 0.1) is 0 Å². The van der Waals surface area contributed by atoms with E-state index in [9.17, 15) is 19.2 Å². The van der Waals surface area contributed by atoms with E-state index in [0.717, 1.165) is 10.2 Å². The minimum absolute atomic E-state index is 0.107. The highest BCUT2D eigenvalue weighted by Gasteiger charge is 2.45. The minimum atomic E-state index is -0.944. The lowest BCUT2D eigenvalue weighted by atomic mass is 10.0. The molecule has 138 valence electrons. The highest BCUT2D eigenvalue weighted by atomic mass is 79.9. The lowest BCUT2D eigenvalue weighted by molar-refractivity contribution is -0.136. The van der Waals surface area contributed by atoms with Crippen molar-refractivity contribution < 1.29 is 23.9 Å². The highest BCUT2D eigenvalue weighted by molar-refractivity contribution is 9.09. The molecule has 1 saturated heterocycles. The molecule has 0 aliphatic carbocycles. The van der Waals surface area contributed by atoms with Gasteiger partial charge in [0.15, 0.2) is 0 Å². The van der Waals surface area contributed by atoms with Gasteiger partial charge in [0.05, 0.1) is 24.3 Å². The number of benzene rings is 1. The van der Waals surface area contributed by atoms with Crippen LogP contribution in [-0.4, -0.2) is 58.9 Å². The van der Waals surface area contributed by atoms with Crippen molar-refractivity contribution in [2.24, 2.45) is 0 Å². The van der Waals surface area contributed by atoms with Crippen molar-refractivity contribution in [3.8, 4) is 0 Å². The van der Waals surface area contributed by atoms with Gasteiger partial charge in [-0.15, -0.1) is 11.8 Å². The highest BCUT2D eigenvalue weighted by Crippen LogP contribution is 2.34. The first kappa shape index (κ1) is 19.1. The van der Waals surface area contributed by atoms with Gasteiger partial charge in [-0.1, -0.05) is 22.0 Å². The number of alkyl halides is 1. The summed E-state index contributed by atoms with van der Waals surface area (Å²) in [7, 11) is 0. The molecule has 0 spiro atoms. The van der Waals surface area contributed by atoms with E-state index in [2.05, 4.69) is 21.2 Å². The van der Waals surface area contributed by atoms with E-state index in [1.165, 1.54) is 11.8 Å². The van der Waals surface area contributed by atoms with Gasteiger partial charge in [-0.05, 0) is 18.6 Å². The zero-order chi connectivity index (χ0) is 18.7. The average Bonchev–Trinajstić information content (AvgIpc) is 2.87. The zero-order valence-corrected chi connectivity index (χ0v) is 16.2.